The minimum Gasteiger partial charge on any atom is -0.393 e. The number of urea groups is 1. The van der Waals surface area contributed by atoms with Crippen LogP contribution in [0.25, 0.3) is 28.2 Å². The van der Waals surface area contributed by atoms with Crippen molar-refractivity contribution in [1.29, 1.82) is 0 Å². The molecule has 0 bridgehead atoms. The van der Waals surface area contributed by atoms with E-state index in [9.17, 15) is 14.3 Å². The number of fused-ring (bicyclic) bond motifs is 1. The highest BCUT2D eigenvalue weighted by atomic mass is 19.1. The maximum atomic E-state index is 13.9. The molecule has 3 N–H and O–H groups in total. The van der Waals surface area contributed by atoms with Crippen LogP contribution in [-0.2, 0) is 0 Å². The number of hydrogen-bond donors (Lipinski definition) is 3. The van der Waals surface area contributed by atoms with Gasteiger partial charge in [0, 0.05) is 29.6 Å². The first kappa shape index (κ1) is 22.0. The second kappa shape index (κ2) is 9.18. The van der Waals surface area contributed by atoms with Crippen LogP contribution in [0.2, 0.25) is 0 Å². The number of aryl methyl sites for hydroxylation is 1. The van der Waals surface area contributed by atoms with Crippen molar-refractivity contribution < 1.29 is 14.3 Å². The molecule has 0 spiro atoms. The van der Waals surface area contributed by atoms with Gasteiger partial charge in [0.2, 0.25) is 0 Å². The lowest BCUT2D eigenvalue weighted by atomic mass is 9.93. The van der Waals surface area contributed by atoms with E-state index >= 15 is 0 Å². The normalized spacial score (nSPS) is 18.1. The van der Waals surface area contributed by atoms with Gasteiger partial charge in [0.05, 0.1) is 11.8 Å². The smallest absolute Gasteiger partial charge is 0.320 e. The van der Waals surface area contributed by atoms with Crippen LogP contribution in [-0.4, -0.2) is 42.9 Å². The van der Waals surface area contributed by atoms with E-state index in [1.807, 2.05) is 12.1 Å². The molecular formula is C25H25FN6O2. The highest BCUT2D eigenvalue weighted by Gasteiger charge is 2.22. The number of carbonyl (C=O) groups is 1. The first-order valence-corrected chi connectivity index (χ1v) is 11.3. The fraction of sp³-hybridized carbons (Fsp3) is 0.280. The third-order valence-corrected chi connectivity index (χ3v) is 6.13. The summed E-state index contributed by atoms with van der Waals surface area (Å²) in [6.07, 6.45) is 5.87. The first-order chi connectivity index (χ1) is 16.5. The zero-order valence-electron chi connectivity index (χ0n) is 18.7. The Hall–Kier alpha value is -3.85. The zero-order chi connectivity index (χ0) is 23.7. The summed E-state index contributed by atoms with van der Waals surface area (Å²) in [6, 6.07) is 11.8. The number of nitrogens with zero attached hydrogens (tertiary/aromatic N) is 4. The van der Waals surface area contributed by atoms with Crippen LogP contribution < -0.4 is 10.6 Å². The molecule has 1 aliphatic carbocycles. The van der Waals surface area contributed by atoms with Gasteiger partial charge >= 0.3 is 6.03 Å². The molecule has 0 aliphatic heterocycles. The van der Waals surface area contributed by atoms with Gasteiger partial charge in [0.25, 0.3) is 0 Å². The topological polar surface area (TPSA) is 104 Å². The van der Waals surface area contributed by atoms with E-state index in [4.69, 9.17) is 4.98 Å². The molecule has 8 nitrogen and oxygen atoms in total. The predicted octanol–water partition coefficient (Wildman–Crippen LogP) is 4.33. The lowest BCUT2D eigenvalue weighted by Crippen LogP contribution is -2.41. The van der Waals surface area contributed by atoms with Crippen LogP contribution in [0.1, 0.15) is 31.2 Å². The summed E-state index contributed by atoms with van der Waals surface area (Å²) in [7, 11) is 0. The van der Waals surface area contributed by atoms with Crippen LogP contribution in [0.3, 0.4) is 0 Å². The molecule has 1 saturated carbocycles. The van der Waals surface area contributed by atoms with Crippen molar-refractivity contribution in [1.82, 2.24) is 24.9 Å². The standard InChI is InChI=1S/C25H25FN6O2/c1-15-13-16(4-9-20(15)26)23-24(32-22(31-23)3-2-11-28-32)17-10-12-27-21(14-17)30-25(34)29-18-5-7-19(33)8-6-18/h2-4,9-14,18-19,33H,5-8H2,1H3,(H2,27,29,30,34). The molecule has 3 heterocycles. The van der Waals surface area contributed by atoms with Gasteiger partial charge in [-0.1, -0.05) is 0 Å². The SMILES string of the molecule is Cc1cc(-c2nc3cccnn3c2-c2ccnc(NC(=O)NC3CCC(O)CC3)c2)ccc1F. The maximum Gasteiger partial charge on any atom is 0.320 e. The minimum absolute atomic E-state index is 0.0304. The Morgan fingerprint density at radius 3 is 2.71 bits per heavy atom. The third kappa shape index (κ3) is 4.47. The Bertz CT molecular complexity index is 1350. The van der Waals surface area contributed by atoms with Gasteiger partial charge in [-0.25, -0.2) is 23.7 Å². The largest absolute Gasteiger partial charge is 0.393 e. The molecule has 5 rings (SSSR count). The number of carbonyl (C=O) groups excluding carboxylic acids is 1. The van der Waals surface area contributed by atoms with Crippen LogP contribution in [0.4, 0.5) is 15.0 Å². The second-order valence-corrected chi connectivity index (χ2v) is 8.60. The number of nitrogens with one attached hydrogen (secondary N) is 2. The van der Waals surface area contributed by atoms with Gasteiger partial charge in [-0.2, -0.15) is 5.10 Å². The van der Waals surface area contributed by atoms with E-state index < -0.39 is 0 Å². The van der Waals surface area contributed by atoms with E-state index in [0.29, 0.717) is 41.3 Å². The molecule has 34 heavy (non-hydrogen) atoms. The van der Waals surface area contributed by atoms with Crippen molar-refractivity contribution in [2.24, 2.45) is 0 Å². The number of aliphatic hydroxyl groups excluding tert-OH is 1. The Balaban J connectivity index is 1.46. The van der Waals surface area contributed by atoms with E-state index in [2.05, 4.69) is 20.7 Å². The first-order valence-electron chi connectivity index (χ1n) is 11.3. The molecule has 4 aromatic rings. The molecule has 1 aliphatic rings. The van der Waals surface area contributed by atoms with Crippen molar-refractivity contribution in [2.75, 3.05) is 5.32 Å². The number of amides is 2. The van der Waals surface area contributed by atoms with Crippen LogP contribution in [0.5, 0.6) is 0 Å². The number of anilines is 1. The molecule has 0 unspecified atom stereocenters. The maximum absolute atomic E-state index is 13.9. The Labute approximate surface area is 195 Å². The number of benzene rings is 1. The number of aliphatic hydroxyl groups is 1. The van der Waals surface area contributed by atoms with Gasteiger partial charge < -0.3 is 10.4 Å². The van der Waals surface area contributed by atoms with Crippen molar-refractivity contribution in [2.45, 2.75) is 44.8 Å². The number of pyridine rings is 1. The van der Waals surface area contributed by atoms with E-state index in [-0.39, 0.29) is 24.0 Å². The quantitative estimate of drug-likeness (QED) is 0.421. The summed E-state index contributed by atoms with van der Waals surface area (Å²) in [5.74, 6) is 0.110. The zero-order valence-corrected chi connectivity index (χ0v) is 18.7. The van der Waals surface area contributed by atoms with Crippen LogP contribution >= 0.6 is 0 Å². The van der Waals surface area contributed by atoms with Gasteiger partial charge in [0.1, 0.15) is 17.3 Å². The van der Waals surface area contributed by atoms with E-state index in [1.54, 1.807) is 48.1 Å². The van der Waals surface area contributed by atoms with Crippen LogP contribution in [0.15, 0.2) is 54.9 Å². The minimum atomic E-state index is -0.336. The fourth-order valence-corrected chi connectivity index (χ4v) is 4.35. The van der Waals surface area contributed by atoms with Crippen molar-refractivity contribution in [3.63, 3.8) is 0 Å². The third-order valence-electron chi connectivity index (χ3n) is 6.13. The van der Waals surface area contributed by atoms with E-state index in [0.717, 1.165) is 24.0 Å². The molecule has 3 aromatic heterocycles. The van der Waals surface area contributed by atoms with Gasteiger partial charge in [-0.15, -0.1) is 0 Å². The van der Waals surface area contributed by atoms with Gasteiger partial charge in [0.15, 0.2) is 5.65 Å². The number of halogens is 1. The molecule has 2 amide bonds. The van der Waals surface area contributed by atoms with Crippen molar-refractivity contribution in [3.05, 3.63) is 66.2 Å². The number of hydrogen-bond acceptors (Lipinski definition) is 5. The molecule has 0 atom stereocenters. The second-order valence-electron chi connectivity index (χ2n) is 8.60. The Morgan fingerprint density at radius 2 is 1.91 bits per heavy atom. The summed E-state index contributed by atoms with van der Waals surface area (Å²) >= 11 is 0. The van der Waals surface area contributed by atoms with Gasteiger partial charge in [-0.05, 0) is 80.6 Å². The lowest BCUT2D eigenvalue weighted by Gasteiger charge is -2.26. The van der Waals surface area contributed by atoms with Crippen molar-refractivity contribution in [3.8, 4) is 22.5 Å². The summed E-state index contributed by atoms with van der Waals surface area (Å²) < 4.78 is 15.6. The molecule has 174 valence electrons. The average Bonchev–Trinajstić information content (AvgIpc) is 3.22. The fourth-order valence-electron chi connectivity index (χ4n) is 4.35. The Morgan fingerprint density at radius 1 is 1.09 bits per heavy atom. The van der Waals surface area contributed by atoms with Crippen LogP contribution in [0, 0.1) is 12.7 Å². The number of aromatic nitrogens is 4. The lowest BCUT2D eigenvalue weighted by molar-refractivity contribution is 0.118. The average molecular weight is 461 g/mol. The summed E-state index contributed by atoms with van der Waals surface area (Å²) in [5, 5.41) is 19.9. The highest BCUT2D eigenvalue weighted by Crippen LogP contribution is 2.33. The summed E-state index contributed by atoms with van der Waals surface area (Å²) in [5.41, 5.74) is 4.07. The highest BCUT2D eigenvalue weighted by molar-refractivity contribution is 5.90. The molecule has 9 heteroatoms. The predicted molar refractivity (Wildman–Crippen MR) is 127 cm³/mol. The molecular weight excluding hydrogens is 435 g/mol. The summed E-state index contributed by atoms with van der Waals surface area (Å²) in [4.78, 5) is 21.6. The van der Waals surface area contributed by atoms with E-state index in [1.165, 1.54) is 6.07 Å². The molecule has 0 radical (unpaired) electrons. The van der Waals surface area contributed by atoms with Crippen molar-refractivity contribution >= 4 is 17.5 Å². The number of imidazole rings is 1. The summed E-state index contributed by atoms with van der Waals surface area (Å²) in [6.45, 7) is 1.71. The molecule has 0 saturated heterocycles. The monoisotopic (exact) mass is 460 g/mol. The Kier molecular flexibility index (Phi) is 5.93. The molecule has 1 aromatic carbocycles. The molecule has 1 fully saturated rings. The van der Waals surface area contributed by atoms with Gasteiger partial charge in [-0.3, -0.25) is 5.32 Å². The number of rotatable bonds is 4.